The molecule has 0 saturated carbocycles. The van der Waals surface area contributed by atoms with Gasteiger partial charge >= 0.3 is 6.18 Å². The highest BCUT2D eigenvalue weighted by Gasteiger charge is 2.26. The van der Waals surface area contributed by atoms with E-state index in [9.17, 15) is 13.2 Å². The van der Waals surface area contributed by atoms with E-state index in [4.69, 9.17) is 17.4 Å². The zero-order valence-electron chi connectivity index (χ0n) is 9.10. The van der Waals surface area contributed by atoms with Crippen LogP contribution in [-0.2, 0) is 0 Å². The number of benzene rings is 1. The fourth-order valence-electron chi connectivity index (χ4n) is 1.58. The summed E-state index contributed by atoms with van der Waals surface area (Å²) in [5, 5.41) is 0.540. The van der Waals surface area contributed by atoms with Gasteiger partial charge in [0.25, 0.3) is 0 Å². The van der Waals surface area contributed by atoms with E-state index < -0.39 is 12.6 Å². The SMILES string of the molecule is NNC(CCCC(F)(F)F)c1cccc(Cl)c1. The quantitative estimate of drug-likeness (QED) is 0.631. The predicted octanol–water partition coefficient (Wildman–Crippen LogP) is 3.58. The molecule has 0 aliphatic carbocycles. The van der Waals surface area contributed by atoms with Gasteiger partial charge in [0.1, 0.15) is 0 Å². The topological polar surface area (TPSA) is 38.0 Å². The van der Waals surface area contributed by atoms with Gasteiger partial charge < -0.3 is 0 Å². The van der Waals surface area contributed by atoms with E-state index in [1.54, 1.807) is 24.3 Å². The third kappa shape index (κ3) is 5.39. The summed E-state index contributed by atoms with van der Waals surface area (Å²) in [5.74, 6) is 5.33. The van der Waals surface area contributed by atoms with Crippen molar-refractivity contribution in [3.63, 3.8) is 0 Å². The van der Waals surface area contributed by atoms with Crippen molar-refractivity contribution < 1.29 is 13.2 Å². The Balaban J connectivity index is 2.54. The summed E-state index contributed by atoms with van der Waals surface area (Å²) in [6, 6.07) is 6.61. The Kier molecular flexibility index (Phi) is 5.24. The van der Waals surface area contributed by atoms with Crippen LogP contribution in [0.4, 0.5) is 13.2 Å². The van der Waals surface area contributed by atoms with Crippen LogP contribution in [0.25, 0.3) is 0 Å². The highest BCUT2D eigenvalue weighted by molar-refractivity contribution is 6.30. The first-order valence-electron chi connectivity index (χ1n) is 5.21. The van der Waals surface area contributed by atoms with Crippen molar-refractivity contribution >= 4 is 11.6 Å². The molecule has 3 N–H and O–H groups in total. The summed E-state index contributed by atoms with van der Waals surface area (Å²) >= 11 is 5.80. The van der Waals surface area contributed by atoms with Crippen molar-refractivity contribution in [3.8, 4) is 0 Å². The molecule has 2 nitrogen and oxygen atoms in total. The predicted molar refractivity (Wildman–Crippen MR) is 61.4 cm³/mol. The second-order valence-electron chi connectivity index (χ2n) is 3.78. The van der Waals surface area contributed by atoms with E-state index >= 15 is 0 Å². The third-order valence-corrected chi connectivity index (χ3v) is 2.64. The first kappa shape index (κ1) is 14.3. The molecule has 0 bridgehead atoms. The molecule has 0 heterocycles. The van der Waals surface area contributed by atoms with E-state index in [1.165, 1.54) is 0 Å². The fraction of sp³-hybridized carbons (Fsp3) is 0.455. The Labute approximate surface area is 103 Å². The normalized spacial score (nSPS) is 13.7. The molecule has 0 aliphatic rings. The minimum Gasteiger partial charge on any atom is -0.271 e. The van der Waals surface area contributed by atoms with Crippen molar-refractivity contribution in [1.29, 1.82) is 0 Å². The lowest BCUT2D eigenvalue weighted by molar-refractivity contribution is -0.135. The maximum Gasteiger partial charge on any atom is 0.389 e. The van der Waals surface area contributed by atoms with Crippen LogP contribution in [0.1, 0.15) is 30.9 Å². The van der Waals surface area contributed by atoms with Gasteiger partial charge in [-0.2, -0.15) is 13.2 Å². The van der Waals surface area contributed by atoms with Crippen LogP contribution in [0.2, 0.25) is 5.02 Å². The fourth-order valence-corrected chi connectivity index (χ4v) is 1.77. The van der Waals surface area contributed by atoms with E-state index in [2.05, 4.69) is 5.43 Å². The zero-order chi connectivity index (χ0) is 12.9. The highest BCUT2D eigenvalue weighted by Crippen LogP contribution is 2.26. The summed E-state index contributed by atoms with van der Waals surface area (Å²) in [6.45, 7) is 0. The number of hydrogen-bond donors (Lipinski definition) is 2. The standard InChI is InChI=1S/C11H14ClF3N2/c12-9-4-1-3-8(7-9)10(17-16)5-2-6-11(13,14)15/h1,3-4,7,10,17H,2,5-6,16H2. The van der Waals surface area contributed by atoms with Gasteiger partial charge in [-0.05, 0) is 30.5 Å². The molecule has 1 aromatic rings. The molecule has 0 aromatic heterocycles. The van der Waals surface area contributed by atoms with Crippen molar-refractivity contribution in [2.75, 3.05) is 0 Å². The van der Waals surface area contributed by atoms with E-state index in [-0.39, 0.29) is 12.5 Å². The zero-order valence-corrected chi connectivity index (χ0v) is 9.85. The Morgan fingerprint density at radius 3 is 2.59 bits per heavy atom. The van der Waals surface area contributed by atoms with Gasteiger partial charge in [0.05, 0.1) is 0 Å². The molecule has 0 spiro atoms. The minimum atomic E-state index is -4.12. The molecule has 0 aliphatic heterocycles. The van der Waals surface area contributed by atoms with Crippen LogP contribution in [-0.4, -0.2) is 6.18 Å². The highest BCUT2D eigenvalue weighted by atomic mass is 35.5. The number of alkyl halides is 3. The second kappa shape index (κ2) is 6.23. The summed E-state index contributed by atoms with van der Waals surface area (Å²) in [7, 11) is 0. The molecule has 0 saturated heterocycles. The van der Waals surface area contributed by atoms with Crippen LogP contribution in [0.5, 0.6) is 0 Å². The Bertz CT molecular complexity index is 355. The molecule has 17 heavy (non-hydrogen) atoms. The largest absolute Gasteiger partial charge is 0.389 e. The lowest BCUT2D eigenvalue weighted by Gasteiger charge is -2.17. The van der Waals surface area contributed by atoms with Crippen LogP contribution >= 0.6 is 11.6 Å². The van der Waals surface area contributed by atoms with Crippen LogP contribution in [0.3, 0.4) is 0 Å². The molecule has 1 atom stereocenters. The van der Waals surface area contributed by atoms with Gasteiger partial charge in [-0.3, -0.25) is 11.3 Å². The van der Waals surface area contributed by atoms with Gasteiger partial charge in [0.2, 0.25) is 0 Å². The van der Waals surface area contributed by atoms with Crippen LogP contribution in [0, 0.1) is 0 Å². The minimum absolute atomic E-state index is 0.0326. The lowest BCUT2D eigenvalue weighted by Crippen LogP contribution is -2.28. The number of nitrogens with one attached hydrogen (secondary N) is 1. The van der Waals surface area contributed by atoms with E-state index in [0.29, 0.717) is 11.4 Å². The molecular weight excluding hydrogens is 253 g/mol. The number of hydrogen-bond acceptors (Lipinski definition) is 2. The molecule has 0 amide bonds. The maximum absolute atomic E-state index is 12.0. The van der Waals surface area contributed by atoms with E-state index in [0.717, 1.165) is 5.56 Å². The summed E-state index contributed by atoms with van der Waals surface area (Å²) < 4.78 is 36.0. The van der Waals surface area contributed by atoms with Crippen molar-refractivity contribution in [2.24, 2.45) is 5.84 Å². The summed E-state index contributed by atoms with van der Waals surface area (Å²) in [5.41, 5.74) is 3.30. The van der Waals surface area contributed by atoms with Gasteiger partial charge in [0, 0.05) is 17.5 Å². The molecular formula is C11H14ClF3N2. The van der Waals surface area contributed by atoms with Gasteiger partial charge in [0.15, 0.2) is 0 Å². The number of nitrogens with two attached hydrogens (primary N) is 1. The van der Waals surface area contributed by atoms with Gasteiger partial charge in [-0.1, -0.05) is 23.7 Å². The number of rotatable bonds is 5. The number of halogens is 4. The Hall–Kier alpha value is -0.780. The van der Waals surface area contributed by atoms with Crippen LogP contribution < -0.4 is 11.3 Å². The monoisotopic (exact) mass is 266 g/mol. The Morgan fingerprint density at radius 2 is 2.06 bits per heavy atom. The summed E-state index contributed by atoms with van der Waals surface area (Å²) in [6.07, 6.45) is -4.57. The molecule has 1 aromatic carbocycles. The molecule has 96 valence electrons. The van der Waals surface area contributed by atoms with Crippen molar-refractivity contribution in [3.05, 3.63) is 34.9 Å². The first-order valence-corrected chi connectivity index (χ1v) is 5.58. The maximum atomic E-state index is 12.0. The Morgan fingerprint density at radius 1 is 1.35 bits per heavy atom. The molecule has 1 rings (SSSR count). The third-order valence-electron chi connectivity index (χ3n) is 2.41. The van der Waals surface area contributed by atoms with Gasteiger partial charge in [-0.25, -0.2) is 0 Å². The molecule has 6 heteroatoms. The van der Waals surface area contributed by atoms with Gasteiger partial charge in [-0.15, -0.1) is 0 Å². The second-order valence-corrected chi connectivity index (χ2v) is 4.22. The molecule has 0 radical (unpaired) electrons. The molecule has 1 unspecified atom stereocenters. The van der Waals surface area contributed by atoms with Crippen molar-refractivity contribution in [2.45, 2.75) is 31.5 Å². The lowest BCUT2D eigenvalue weighted by atomic mass is 10.0. The first-order chi connectivity index (χ1) is 7.92. The summed E-state index contributed by atoms with van der Waals surface area (Å²) in [4.78, 5) is 0. The molecule has 0 fully saturated rings. The smallest absolute Gasteiger partial charge is 0.271 e. The van der Waals surface area contributed by atoms with E-state index in [1.807, 2.05) is 0 Å². The number of hydrazine groups is 1. The van der Waals surface area contributed by atoms with Crippen LogP contribution in [0.15, 0.2) is 24.3 Å². The average Bonchev–Trinajstić information content (AvgIpc) is 2.23. The average molecular weight is 267 g/mol. The van der Waals surface area contributed by atoms with Crippen molar-refractivity contribution in [1.82, 2.24) is 5.43 Å².